The molecule has 3 nitrogen and oxygen atoms in total. The minimum atomic E-state index is -3.00. The molecule has 1 saturated carbocycles. The largest absolute Gasteiger partial charge is 0.302 e. The van der Waals surface area contributed by atoms with Gasteiger partial charge in [0.1, 0.15) is 4.87 Å². The third kappa shape index (κ3) is 1.89. The lowest BCUT2D eigenvalue weighted by molar-refractivity contribution is 0.498. The predicted molar refractivity (Wildman–Crippen MR) is 54.3 cm³/mol. The Morgan fingerprint density at radius 3 is 2.08 bits per heavy atom. The maximum Gasteiger partial charge on any atom is 0.171 e. The molecule has 0 amide bonds. The van der Waals surface area contributed by atoms with E-state index < -0.39 is 14.7 Å². The lowest BCUT2D eigenvalue weighted by atomic mass is 10.4. The van der Waals surface area contributed by atoms with Gasteiger partial charge in [-0.3, -0.25) is 0 Å². The van der Waals surface area contributed by atoms with Crippen molar-refractivity contribution >= 4 is 9.84 Å². The second-order valence-electron chi connectivity index (χ2n) is 4.21. The Morgan fingerprint density at radius 2 is 1.69 bits per heavy atom. The average molecular weight is 205 g/mol. The molecule has 0 unspecified atom stereocenters. The first-order valence-electron chi connectivity index (χ1n) is 4.84. The number of hydrogen-bond acceptors (Lipinski definition) is 3. The van der Waals surface area contributed by atoms with Crippen LogP contribution in [0.25, 0.3) is 0 Å². The second-order valence-corrected chi connectivity index (χ2v) is 6.99. The van der Waals surface area contributed by atoms with Crippen LogP contribution in [0.1, 0.15) is 39.5 Å². The highest BCUT2D eigenvalue weighted by atomic mass is 32.2. The van der Waals surface area contributed by atoms with E-state index in [-0.39, 0.29) is 5.25 Å². The van der Waals surface area contributed by atoms with E-state index in [4.69, 9.17) is 0 Å². The SMILES string of the molecule is CNC(C)(C)S(=O)(=O)C1CCCC1. The molecule has 1 rings (SSSR count). The highest BCUT2D eigenvalue weighted by molar-refractivity contribution is 7.93. The molecule has 0 aromatic rings. The molecule has 0 radical (unpaired) electrons. The Labute approximate surface area is 80.8 Å². The van der Waals surface area contributed by atoms with E-state index in [0.29, 0.717) is 0 Å². The normalized spacial score (nSPS) is 20.8. The fourth-order valence-corrected chi connectivity index (χ4v) is 3.83. The summed E-state index contributed by atoms with van der Waals surface area (Å²) in [5.74, 6) is 0. The maximum atomic E-state index is 12.0. The molecule has 0 bridgehead atoms. The Morgan fingerprint density at radius 1 is 1.23 bits per heavy atom. The maximum absolute atomic E-state index is 12.0. The van der Waals surface area contributed by atoms with E-state index in [0.717, 1.165) is 25.7 Å². The lowest BCUT2D eigenvalue weighted by Gasteiger charge is -2.27. The molecule has 0 aromatic heterocycles. The number of sulfone groups is 1. The van der Waals surface area contributed by atoms with Crippen molar-refractivity contribution in [1.82, 2.24) is 5.32 Å². The van der Waals surface area contributed by atoms with Gasteiger partial charge in [-0.2, -0.15) is 0 Å². The molecule has 78 valence electrons. The Hall–Kier alpha value is -0.0900. The van der Waals surface area contributed by atoms with Crippen LogP contribution in [-0.4, -0.2) is 25.6 Å². The van der Waals surface area contributed by atoms with Crippen LogP contribution in [0, 0.1) is 0 Å². The molecule has 0 aliphatic heterocycles. The zero-order valence-electron chi connectivity index (χ0n) is 8.63. The van der Waals surface area contributed by atoms with Crippen molar-refractivity contribution in [3.63, 3.8) is 0 Å². The molecule has 1 fully saturated rings. The van der Waals surface area contributed by atoms with Crippen molar-refractivity contribution in [2.75, 3.05) is 7.05 Å². The highest BCUT2D eigenvalue weighted by Crippen LogP contribution is 2.30. The minimum Gasteiger partial charge on any atom is -0.302 e. The first-order valence-corrected chi connectivity index (χ1v) is 6.39. The molecular formula is C9H19NO2S. The van der Waals surface area contributed by atoms with E-state index >= 15 is 0 Å². The van der Waals surface area contributed by atoms with Gasteiger partial charge in [0.05, 0.1) is 5.25 Å². The van der Waals surface area contributed by atoms with Crippen LogP contribution in [0.2, 0.25) is 0 Å². The fourth-order valence-electron chi connectivity index (χ4n) is 1.76. The quantitative estimate of drug-likeness (QED) is 0.755. The lowest BCUT2D eigenvalue weighted by Crippen LogP contribution is -2.48. The van der Waals surface area contributed by atoms with Crippen molar-refractivity contribution in [3.8, 4) is 0 Å². The highest BCUT2D eigenvalue weighted by Gasteiger charge is 2.40. The number of hydrogen-bond donors (Lipinski definition) is 1. The van der Waals surface area contributed by atoms with Gasteiger partial charge in [-0.15, -0.1) is 0 Å². The van der Waals surface area contributed by atoms with Crippen LogP contribution >= 0.6 is 0 Å². The summed E-state index contributed by atoms with van der Waals surface area (Å²) in [4.78, 5) is -0.776. The van der Waals surface area contributed by atoms with Crippen molar-refractivity contribution in [3.05, 3.63) is 0 Å². The van der Waals surface area contributed by atoms with Crippen LogP contribution in [0.4, 0.5) is 0 Å². The van der Waals surface area contributed by atoms with Gasteiger partial charge in [-0.1, -0.05) is 12.8 Å². The topological polar surface area (TPSA) is 46.2 Å². The number of nitrogens with one attached hydrogen (secondary N) is 1. The van der Waals surface area contributed by atoms with Crippen LogP contribution in [-0.2, 0) is 9.84 Å². The van der Waals surface area contributed by atoms with Crippen molar-refractivity contribution in [2.24, 2.45) is 0 Å². The van der Waals surface area contributed by atoms with Crippen molar-refractivity contribution < 1.29 is 8.42 Å². The zero-order chi connectivity index (χ0) is 10.1. The van der Waals surface area contributed by atoms with Crippen LogP contribution in [0.15, 0.2) is 0 Å². The van der Waals surface area contributed by atoms with Gasteiger partial charge in [0.2, 0.25) is 0 Å². The molecule has 0 saturated heterocycles. The van der Waals surface area contributed by atoms with Gasteiger partial charge < -0.3 is 5.32 Å². The summed E-state index contributed by atoms with van der Waals surface area (Å²) in [7, 11) is -1.30. The summed E-state index contributed by atoms with van der Waals surface area (Å²) in [6, 6.07) is 0. The molecule has 0 atom stereocenters. The van der Waals surface area contributed by atoms with Gasteiger partial charge in [-0.25, -0.2) is 8.42 Å². The van der Waals surface area contributed by atoms with Crippen molar-refractivity contribution in [2.45, 2.75) is 49.7 Å². The average Bonchev–Trinajstić information content (AvgIpc) is 2.56. The monoisotopic (exact) mass is 205 g/mol. The first kappa shape index (κ1) is 11.0. The molecule has 0 heterocycles. The van der Waals surface area contributed by atoms with E-state index in [9.17, 15) is 8.42 Å². The fraction of sp³-hybridized carbons (Fsp3) is 1.00. The minimum absolute atomic E-state index is 0.116. The predicted octanol–water partition coefficient (Wildman–Crippen LogP) is 1.30. The Balaban J connectivity index is 2.87. The first-order chi connectivity index (χ1) is 5.92. The van der Waals surface area contributed by atoms with E-state index in [1.54, 1.807) is 20.9 Å². The molecule has 13 heavy (non-hydrogen) atoms. The molecule has 1 aliphatic carbocycles. The van der Waals surface area contributed by atoms with E-state index in [1.165, 1.54) is 0 Å². The molecule has 1 N–H and O–H groups in total. The standard InChI is InChI=1S/C9H19NO2S/c1-9(2,10-3)13(11,12)8-6-4-5-7-8/h8,10H,4-7H2,1-3H3. The summed E-state index contributed by atoms with van der Waals surface area (Å²) < 4.78 is 24.0. The molecular weight excluding hydrogens is 186 g/mol. The zero-order valence-corrected chi connectivity index (χ0v) is 9.45. The van der Waals surface area contributed by atoms with Gasteiger partial charge in [0, 0.05) is 0 Å². The number of rotatable bonds is 3. The van der Waals surface area contributed by atoms with Gasteiger partial charge in [0.15, 0.2) is 9.84 Å². The van der Waals surface area contributed by atoms with Crippen LogP contribution in [0.3, 0.4) is 0 Å². The van der Waals surface area contributed by atoms with Gasteiger partial charge in [-0.05, 0) is 33.7 Å². The molecule has 0 aromatic carbocycles. The summed E-state index contributed by atoms with van der Waals surface area (Å²) in [6.45, 7) is 3.47. The summed E-state index contributed by atoms with van der Waals surface area (Å²) in [5.41, 5.74) is 0. The van der Waals surface area contributed by atoms with Crippen LogP contribution < -0.4 is 5.32 Å². The molecule has 1 aliphatic rings. The summed E-state index contributed by atoms with van der Waals surface area (Å²) in [6.07, 6.45) is 3.80. The third-order valence-electron chi connectivity index (χ3n) is 3.05. The van der Waals surface area contributed by atoms with Crippen LogP contribution in [0.5, 0.6) is 0 Å². The van der Waals surface area contributed by atoms with Gasteiger partial charge in [0.25, 0.3) is 0 Å². The second kappa shape index (κ2) is 3.58. The molecule has 4 heteroatoms. The summed E-state index contributed by atoms with van der Waals surface area (Å²) in [5, 5.41) is 2.75. The summed E-state index contributed by atoms with van der Waals surface area (Å²) >= 11 is 0. The molecule has 0 spiro atoms. The smallest absolute Gasteiger partial charge is 0.171 e. The Bertz CT molecular complexity index is 263. The van der Waals surface area contributed by atoms with Crippen molar-refractivity contribution in [1.29, 1.82) is 0 Å². The van der Waals surface area contributed by atoms with E-state index in [2.05, 4.69) is 5.32 Å². The van der Waals surface area contributed by atoms with Gasteiger partial charge >= 0.3 is 0 Å². The third-order valence-corrected chi connectivity index (χ3v) is 6.03. The van der Waals surface area contributed by atoms with E-state index in [1.807, 2.05) is 0 Å². The Kier molecular flexibility index (Phi) is 3.02.